The van der Waals surface area contributed by atoms with Crippen molar-refractivity contribution in [3.8, 4) is 0 Å². The average molecular weight is 186 g/mol. The van der Waals surface area contributed by atoms with Crippen molar-refractivity contribution in [3.63, 3.8) is 0 Å². The second kappa shape index (κ2) is 3.52. The normalized spacial score (nSPS) is 41.7. The van der Waals surface area contributed by atoms with Crippen molar-refractivity contribution in [2.45, 2.75) is 25.5 Å². The van der Waals surface area contributed by atoms with Crippen LogP contribution in [0.1, 0.15) is 20.3 Å². The zero-order chi connectivity index (χ0) is 9.30. The summed E-state index contributed by atoms with van der Waals surface area (Å²) < 4.78 is 11.4. The lowest BCUT2D eigenvalue weighted by molar-refractivity contribution is -0.114. The largest absolute Gasteiger partial charge is 0.284 e. The van der Waals surface area contributed by atoms with Gasteiger partial charge in [-0.2, -0.15) is 0 Å². The monoisotopic (exact) mass is 186 g/mol. The molecule has 0 bridgehead atoms. The minimum absolute atomic E-state index is 0.00463. The minimum Gasteiger partial charge on any atom is -0.284 e. The van der Waals surface area contributed by atoms with Gasteiger partial charge in [-0.1, -0.05) is 19.9 Å². The lowest BCUT2D eigenvalue weighted by atomic mass is 9.93. The van der Waals surface area contributed by atoms with Crippen LogP contribution >= 0.6 is 0 Å². The number of carbonyl (C=O) groups excluding carboxylic acids is 1. The first-order valence-electron chi connectivity index (χ1n) is 4.15. The highest BCUT2D eigenvalue weighted by Gasteiger charge is 2.42. The molecule has 1 aliphatic heterocycles. The second-order valence-electron chi connectivity index (χ2n) is 3.33. The van der Waals surface area contributed by atoms with Gasteiger partial charge in [-0.15, -0.1) is 6.58 Å². The Morgan fingerprint density at radius 3 is 2.50 bits per heavy atom. The molecule has 0 amide bonds. The van der Waals surface area contributed by atoms with Gasteiger partial charge in [-0.05, 0) is 12.3 Å². The third-order valence-electron chi connectivity index (χ3n) is 2.62. The van der Waals surface area contributed by atoms with E-state index in [9.17, 15) is 9.00 Å². The van der Waals surface area contributed by atoms with Crippen molar-refractivity contribution in [2.24, 2.45) is 11.8 Å². The molecule has 12 heavy (non-hydrogen) atoms. The Bertz CT molecular complexity index is 235. The van der Waals surface area contributed by atoms with Gasteiger partial charge in [0.15, 0.2) is 0 Å². The van der Waals surface area contributed by atoms with Crippen LogP contribution in [0, 0.1) is 11.8 Å². The van der Waals surface area contributed by atoms with E-state index in [2.05, 4.69) is 6.58 Å². The highest BCUT2D eigenvalue weighted by Crippen LogP contribution is 2.32. The van der Waals surface area contributed by atoms with Crippen molar-refractivity contribution < 1.29 is 9.00 Å². The first-order valence-corrected chi connectivity index (χ1v) is 5.36. The van der Waals surface area contributed by atoms with Crippen LogP contribution in [0.4, 0.5) is 0 Å². The molecule has 1 unspecified atom stereocenters. The third kappa shape index (κ3) is 1.38. The Kier molecular flexibility index (Phi) is 2.83. The Labute approximate surface area is 75.5 Å². The molecule has 1 heterocycles. The van der Waals surface area contributed by atoms with Crippen molar-refractivity contribution in [1.29, 1.82) is 0 Å². The number of carbonyl (C=O) groups is 1. The molecule has 3 heteroatoms. The smallest absolute Gasteiger partial charge is 0.222 e. The quantitative estimate of drug-likeness (QED) is 0.612. The maximum absolute atomic E-state index is 11.4. The molecule has 0 N–H and O–H groups in total. The van der Waals surface area contributed by atoms with Gasteiger partial charge in [0.05, 0.1) is 10.8 Å². The van der Waals surface area contributed by atoms with Gasteiger partial charge >= 0.3 is 0 Å². The van der Waals surface area contributed by atoms with Crippen molar-refractivity contribution >= 4 is 15.9 Å². The van der Waals surface area contributed by atoms with E-state index in [1.807, 2.05) is 13.8 Å². The van der Waals surface area contributed by atoms with Gasteiger partial charge in [-0.25, -0.2) is 0 Å². The average Bonchev–Trinajstić information content (AvgIpc) is 2.23. The number of rotatable bonds is 2. The molecule has 4 atom stereocenters. The zero-order valence-corrected chi connectivity index (χ0v) is 8.26. The van der Waals surface area contributed by atoms with Crippen molar-refractivity contribution in [3.05, 3.63) is 12.7 Å². The molecule has 0 aromatic heterocycles. The molecule has 1 aliphatic rings. The third-order valence-corrected chi connectivity index (χ3v) is 4.56. The summed E-state index contributed by atoms with van der Waals surface area (Å²) in [5.74, 6) is 0.187. The van der Waals surface area contributed by atoms with Crippen LogP contribution in [0.5, 0.6) is 0 Å². The first kappa shape index (κ1) is 9.65. The molecular weight excluding hydrogens is 172 g/mol. The first-order chi connectivity index (χ1) is 5.59. The van der Waals surface area contributed by atoms with Gasteiger partial charge in [0.2, 0.25) is 5.12 Å². The molecule has 2 nitrogen and oxygen atoms in total. The second-order valence-corrected chi connectivity index (χ2v) is 4.93. The fraction of sp³-hybridized carbons (Fsp3) is 0.667. The number of allylic oxidation sites excluding steroid dienone is 1. The van der Waals surface area contributed by atoms with E-state index >= 15 is 0 Å². The SMILES string of the molecule is C=CC[C@H]1[C@@H](C)[C@@H](C)C(=O)S1=O. The topological polar surface area (TPSA) is 34.1 Å². The van der Waals surface area contributed by atoms with Crippen LogP contribution in [0.3, 0.4) is 0 Å². The minimum atomic E-state index is -1.28. The van der Waals surface area contributed by atoms with E-state index in [4.69, 9.17) is 0 Å². The lowest BCUT2D eigenvalue weighted by Gasteiger charge is -2.12. The van der Waals surface area contributed by atoms with E-state index < -0.39 is 10.8 Å². The molecule has 0 aromatic carbocycles. The predicted molar refractivity (Wildman–Crippen MR) is 50.1 cm³/mol. The lowest BCUT2D eigenvalue weighted by Crippen LogP contribution is -2.16. The Hall–Kier alpha value is -0.440. The van der Waals surface area contributed by atoms with Crippen LogP contribution < -0.4 is 0 Å². The fourth-order valence-electron chi connectivity index (χ4n) is 1.53. The molecule has 1 saturated heterocycles. The molecule has 0 aromatic rings. The van der Waals surface area contributed by atoms with Crippen LogP contribution in [-0.4, -0.2) is 14.6 Å². The summed E-state index contributed by atoms with van der Waals surface area (Å²) in [5.41, 5.74) is 0. The predicted octanol–water partition coefficient (Wildman–Crippen LogP) is 1.49. The summed E-state index contributed by atoms with van der Waals surface area (Å²) in [5, 5.41) is -0.0839. The summed E-state index contributed by atoms with van der Waals surface area (Å²) in [6.07, 6.45) is 2.42. The molecule has 0 aliphatic carbocycles. The Balaban J connectivity index is 2.83. The number of hydrogen-bond donors (Lipinski definition) is 0. The molecule has 1 fully saturated rings. The summed E-state index contributed by atoms with van der Waals surface area (Å²) in [6, 6.07) is 0. The molecule has 1 rings (SSSR count). The van der Waals surface area contributed by atoms with E-state index in [-0.39, 0.29) is 22.2 Å². The summed E-state index contributed by atoms with van der Waals surface area (Å²) in [4.78, 5) is 11.3. The molecule has 68 valence electrons. The molecule has 0 spiro atoms. The van der Waals surface area contributed by atoms with Crippen LogP contribution in [0.25, 0.3) is 0 Å². The summed E-state index contributed by atoms with van der Waals surface area (Å²) in [6.45, 7) is 7.44. The van der Waals surface area contributed by atoms with Gasteiger partial charge < -0.3 is 0 Å². The molecule has 0 radical (unpaired) electrons. The maximum Gasteiger partial charge on any atom is 0.222 e. The van der Waals surface area contributed by atoms with Gasteiger partial charge in [0, 0.05) is 11.2 Å². The van der Waals surface area contributed by atoms with Gasteiger partial charge in [0.1, 0.15) is 0 Å². The highest BCUT2D eigenvalue weighted by atomic mass is 32.2. The van der Waals surface area contributed by atoms with Crippen LogP contribution in [0.15, 0.2) is 12.7 Å². The van der Waals surface area contributed by atoms with E-state index in [0.717, 1.165) is 0 Å². The Morgan fingerprint density at radius 2 is 2.17 bits per heavy atom. The summed E-state index contributed by atoms with van der Waals surface area (Å²) >= 11 is 0. The Morgan fingerprint density at radius 1 is 1.58 bits per heavy atom. The van der Waals surface area contributed by atoms with Gasteiger partial charge in [0.25, 0.3) is 0 Å². The molecular formula is C9H14O2S. The number of hydrogen-bond acceptors (Lipinski definition) is 2. The summed E-state index contributed by atoms with van der Waals surface area (Å²) in [7, 11) is -1.28. The maximum atomic E-state index is 11.4. The fourth-order valence-corrected chi connectivity index (χ4v) is 3.35. The van der Waals surface area contributed by atoms with Crippen molar-refractivity contribution in [1.82, 2.24) is 0 Å². The van der Waals surface area contributed by atoms with E-state index in [1.54, 1.807) is 6.08 Å². The molecule has 0 saturated carbocycles. The standard InChI is InChI=1S/C9H14O2S/c1-4-5-8-6(2)7(3)9(10)12(8)11/h4,6-8H,1,5H2,2-3H3/t6-,7+,8-,12?/m0/s1. The highest BCUT2D eigenvalue weighted by molar-refractivity contribution is 8.01. The van der Waals surface area contributed by atoms with Gasteiger partial charge in [-0.3, -0.25) is 9.00 Å². The van der Waals surface area contributed by atoms with E-state index in [1.165, 1.54) is 0 Å². The van der Waals surface area contributed by atoms with Crippen LogP contribution in [-0.2, 0) is 15.6 Å². The zero-order valence-electron chi connectivity index (χ0n) is 7.45. The van der Waals surface area contributed by atoms with E-state index in [0.29, 0.717) is 6.42 Å². The van der Waals surface area contributed by atoms with Crippen molar-refractivity contribution in [2.75, 3.05) is 0 Å². The van der Waals surface area contributed by atoms with Crippen LogP contribution in [0.2, 0.25) is 0 Å².